The molecule has 0 amide bonds. The van der Waals surface area contributed by atoms with E-state index in [1.54, 1.807) is 6.07 Å². The lowest BCUT2D eigenvalue weighted by Crippen LogP contribution is -2.23. The number of benzene rings is 1. The topological polar surface area (TPSA) is 65.9 Å². The Bertz CT molecular complexity index is 645. The van der Waals surface area contributed by atoms with Crippen molar-refractivity contribution in [3.63, 3.8) is 0 Å². The van der Waals surface area contributed by atoms with Crippen molar-refractivity contribution in [1.82, 2.24) is 4.98 Å². The highest BCUT2D eigenvalue weighted by Gasteiger charge is 2.27. The number of hydrogen-bond acceptors (Lipinski definition) is 4. The number of nitrogens with two attached hydrogens (primary N) is 1. The van der Waals surface area contributed by atoms with E-state index in [1.165, 1.54) is 5.56 Å². The Balaban J connectivity index is 1.99. The van der Waals surface area contributed by atoms with Crippen LogP contribution in [0.3, 0.4) is 0 Å². The summed E-state index contributed by atoms with van der Waals surface area (Å²) in [5, 5.41) is 9.06. The summed E-state index contributed by atoms with van der Waals surface area (Å²) in [7, 11) is 0. The van der Waals surface area contributed by atoms with Crippen molar-refractivity contribution in [3.05, 3.63) is 53.9 Å². The number of nitriles is 1. The molecule has 1 atom stereocenters. The number of pyridine rings is 1. The molecule has 0 aliphatic carbocycles. The molecule has 4 heteroatoms. The molecule has 20 heavy (non-hydrogen) atoms. The van der Waals surface area contributed by atoms with Gasteiger partial charge in [0.2, 0.25) is 0 Å². The molecule has 1 aromatic heterocycles. The van der Waals surface area contributed by atoms with Crippen molar-refractivity contribution in [2.24, 2.45) is 0 Å². The van der Waals surface area contributed by atoms with Gasteiger partial charge in [-0.1, -0.05) is 0 Å². The van der Waals surface area contributed by atoms with Crippen molar-refractivity contribution in [1.29, 1.82) is 5.26 Å². The highest BCUT2D eigenvalue weighted by Crippen LogP contribution is 2.38. The number of aromatic nitrogens is 1. The van der Waals surface area contributed by atoms with Crippen LogP contribution in [0.15, 0.2) is 42.7 Å². The Morgan fingerprint density at radius 3 is 2.80 bits per heavy atom. The molecule has 1 unspecified atom stereocenters. The van der Waals surface area contributed by atoms with Crippen LogP contribution in [-0.4, -0.2) is 11.5 Å². The molecule has 0 radical (unpaired) electrons. The molecule has 1 fully saturated rings. The predicted molar refractivity (Wildman–Crippen MR) is 79.1 cm³/mol. The fraction of sp³-hybridized carbons (Fsp3) is 0.250. The first-order valence-electron chi connectivity index (χ1n) is 6.76. The minimum Gasteiger partial charge on any atom is -0.397 e. The second-order valence-electron chi connectivity index (χ2n) is 5.02. The van der Waals surface area contributed by atoms with Gasteiger partial charge in [-0.25, -0.2) is 0 Å². The van der Waals surface area contributed by atoms with Crippen molar-refractivity contribution in [3.8, 4) is 6.07 Å². The van der Waals surface area contributed by atoms with Gasteiger partial charge in [0.25, 0.3) is 0 Å². The zero-order valence-corrected chi connectivity index (χ0v) is 11.2. The fourth-order valence-electron chi connectivity index (χ4n) is 2.85. The Kier molecular flexibility index (Phi) is 3.26. The maximum absolute atomic E-state index is 9.06. The highest BCUT2D eigenvalue weighted by atomic mass is 15.2. The smallest absolute Gasteiger partial charge is 0.0992 e. The number of rotatable bonds is 2. The van der Waals surface area contributed by atoms with Gasteiger partial charge in [-0.15, -0.1) is 0 Å². The summed E-state index contributed by atoms with van der Waals surface area (Å²) in [6.45, 7) is 0.964. The summed E-state index contributed by atoms with van der Waals surface area (Å²) in [5.74, 6) is 0. The van der Waals surface area contributed by atoms with Crippen molar-refractivity contribution in [2.45, 2.75) is 18.9 Å². The highest BCUT2D eigenvalue weighted by molar-refractivity contribution is 5.70. The maximum atomic E-state index is 9.06. The number of hydrogen-bond donors (Lipinski definition) is 1. The van der Waals surface area contributed by atoms with E-state index >= 15 is 0 Å². The van der Waals surface area contributed by atoms with Crippen LogP contribution in [0.2, 0.25) is 0 Å². The first-order valence-corrected chi connectivity index (χ1v) is 6.76. The quantitative estimate of drug-likeness (QED) is 0.847. The Hall–Kier alpha value is -2.54. The molecule has 2 heterocycles. The lowest BCUT2D eigenvalue weighted by atomic mass is 10.0. The predicted octanol–water partition coefficient (Wildman–Crippen LogP) is 2.88. The van der Waals surface area contributed by atoms with E-state index in [4.69, 9.17) is 11.0 Å². The van der Waals surface area contributed by atoms with Gasteiger partial charge in [0, 0.05) is 18.9 Å². The number of nitrogen functional groups attached to an aromatic ring is 1. The molecule has 100 valence electrons. The normalized spacial score (nSPS) is 17.9. The third kappa shape index (κ3) is 2.19. The van der Waals surface area contributed by atoms with Crippen LogP contribution < -0.4 is 10.6 Å². The molecule has 0 bridgehead atoms. The van der Waals surface area contributed by atoms with Crippen LogP contribution in [0.5, 0.6) is 0 Å². The van der Waals surface area contributed by atoms with Gasteiger partial charge in [-0.3, -0.25) is 4.98 Å². The minimum atomic E-state index is 0.314. The molecule has 0 spiro atoms. The van der Waals surface area contributed by atoms with E-state index in [-0.39, 0.29) is 0 Å². The first-order chi connectivity index (χ1) is 9.79. The van der Waals surface area contributed by atoms with Gasteiger partial charge in [-0.05, 0) is 48.7 Å². The molecule has 4 nitrogen and oxygen atoms in total. The average molecular weight is 264 g/mol. The van der Waals surface area contributed by atoms with Gasteiger partial charge in [0.05, 0.1) is 29.0 Å². The summed E-state index contributed by atoms with van der Waals surface area (Å²) in [4.78, 5) is 6.37. The lowest BCUT2D eigenvalue weighted by Gasteiger charge is -2.28. The SMILES string of the molecule is N#Cc1ccc(N)c(N2CCCC2c2ccncc2)c1. The van der Waals surface area contributed by atoms with Gasteiger partial charge < -0.3 is 10.6 Å². The summed E-state index contributed by atoms with van der Waals surface area (Å²) in [6, 6.07) is 12.1. The molecule has 2 N–H and O–H groups in total. The van der Waals surface area contributed by atoms with Gasteiger partial charge in [0.1, 0.15) is 0 Å². The van der Waals surface area contributed by atoms with Gasteiger partial charge in [0.15, 0.2) is 0 Å². The molecule has 3 rings (SSSR count). The standard InChI is InChI=1S/C16H16N4/c17-11-12-3-4-14(18)16(10-12)20-9-1-2-15(20)13-5-7-19-8-6-13/h3-8,10,15H,1-2,9,18H2. The van der Waals surface area contributed by atoms with Crippen LogP contribution in [0.4, 0.5) is 11.4 Å². The Labute approximate surface area is 118 Å². The van der Waals surface area contributed by atoms with E-state index in [0.717, 1.165) is 30.8 Å². The Morgan fingerprint density at radius 1 is 1.25 bits per heavy atom. The molecule has 2 aromatic rings. The minimum absolute atomic E-state index is 0.314. The van der Waals surface area contributed by atoms with Gasteiger partial charge in [-0.2, -0.15) is 5.26 Å². The summed E-state index contributed by atoms with van der Waals surface area (Å²) >= 11 is 0. The van der Waals surface area contributed by atoms with Crippen molar-refractivity contribution < 1.29 is 0 Å². The third-order valence-electron chi connectivity index (χ3n) is 3.81. The lowest BCUT2D eigenvalue weighted by molar-refractivity contribution is 0.718. The Morgan fingerprint density at radius 2 is 2.05 bits per heavy atom. The molecule has 1 aliphatic heterocycles. The van der Waals surface area contributed by atoms with Crippen LogP contribution in [-0.2, 0) is 0 Å². The van der Waals surface area contributed by atoms with Crippen LogP contribution >= 0.6 is 0 Å². The van der Waals surface area contributed by atoms with E-state index in [0.29, 0.717) is 11.6 Å². The molecule has 1 aromatic carbocycles. The largest absolute Gasteiger partial charge is 0.397 e. The maximum Gasteiger partial charge on any atom is 0.0992 e. The van der Waals surface area contributed by atoms with E-state index < -0.39 is 0 Å². The van der Waals surface area contributed by atoms with Gasteiger partial charge >= 0.3 is 0 Å². The van der Waals surface area contributed by atoms with E-state index in [2.05, 4.69) is 16.0 Å². The summed E-state index contributed by atoms with van der Waals surface area (Å²) in [6.07, 6.45) is 5.87. The zero-order chi connectivity index (χ0) is 13.9. The third-order valence-corrected chi connectivity index (χ3v) is 3.81. The fourth-order valence-corrected chi connectivity index (χ4v) is 2.85. The van der Waals surface area contributed by atoms with Crippen LogP contribution in [0.1, 0.15) is 30.0 Å². The second-order valence-corrected chi connectivity index (χ2v) is 5.02. The second kappa shape index (κ2) is 5.22. The molecular weight excluding hydrogens is 248 g/mol. The van der Waals surface area contributed by atoms with Crippen LogP contribution in [0, 0.1) is 11.3 Å². The van der Waals surface area contributed by atoms with E-state index in [9.17, 15) is 0 Å². The summed E-state index contributed by atoms with van der Waals surface area (Å²) in [5.41, 5.74) is 9.69. The van der Waals surface area contributed by atoms with Crippen molar-refractivity contribution in [2.75, 3.05) is 17.2 Å². The average Bonchev–Trinajstić information content (AvgIpc) is 2.98. The molecule has 1 aliphatic rings. The zero-order valence-electron chi connectivity index (χ0n) is 11.2. The number of anilines is 2. The molecule has 1 saturated heterocycles. The first kappa shape index (κ1) is 12.5. The number of nitrogens with zero attached hydrogens (tertiary/aromatic N) is 3. The van der Waals surface area contributed by atoms with Crippen molar-refractivity contribution >= 4 is 11.4 Å². The molecule has 0 saturated carbocycles. The molecular formula is C16H16N4. The monoisotopic (exact) mass is 264 g/mol. The van der Waals surface area contributed by atoms with Crippen LogP contribution in [0.25, 0.3) is 0 Å². The summed E-state index contributed by atoms with van der Waals surface area (Å²) < 4.78 is 0. The van der Waals surface area contributed by atoms with E-state index in [1.807, 2.05) is 36.7 Å².